The van der Waals surface area contributed by atoms with Crippen molar-refractivity contribution in [2.75, 3.05) is 38.5 Å². The molecule has 8 nitrogen and oxygen atoms in total. The van der Waals surface area contributed by atoms with Crippen LogP contribution in [0.1, 0.15) is 23.7 Å². The second-order valence-electron chi connectivity index (χ2n) is 5.10. The van der Waals surface area contributed by atoms with Gasteiger partial charge in [0.15, 0.2) is 17.3 Å². The molecule has 2 aromatic rings. The smallest absolute Gasteiger partial charge is 0.257 e. The molecule has 2 rings (SSSR count). The number of carbonyl (C=O) groups is 1. The van der Waals surface area contributed by atoms with Crippen LogP contribution in [0.15, 0.2) is 24.3 Å². The highest BCUT2D eigenvalue weighted by Crippen LogP contribution is 2.38. The van der Waals surface area contributed by atoms with Crippen molar-refractivity contribution in [1.82, 2.24) is 10.2 Å². The summed E-state index contributed by atoms with van der Waals surface area (Å²) in [5.74, 6) is 1.87. The van der Waals surface area contributed by atoms with Gasteiger partial charge >= 0.3 is 0 Å². The van der Waals surface area contributed by atoms with E-state index in [-0.39, 0.29) is 5.91 Å². The van der Waals surface area contributed by atoms with E-state index in [1.807, 2.05) is 0 Å². The second-order valence-corrected chi connectivity index (χ2v) is 5.10. The first-order valence-corrected chi connectivity index (χ1v) is 7.81. The topological polar surface area (TPSA) is 94.6 Å². The predicted octanol–water partition coefficient (Wildman–Crippen LogP) is 2.58. The Balaban J connectivity index is 2.17. The molecular weight excluding hydrogens is 324 g/mol. The molecule has 0 atom stereocenters. The fraction of sp³-hybridized carbons (Fsp3) is 0.353. The first-order valence-electron chi connectivity index (χ1n) is 7.81. The quantitative estimate of drug-likeness (QED) is 0.758. The highest BCUT2D eigenvalue weighted by Gasteiger charge is 2.17. The normalized spacial score (nSPS) is 10.1. The van der Waals surface area contributed by atoms with Crippen LogP contribution in [0.4, 0.5) is 11.6 Å². The lowest BCUT2D eigenvalue weighted by molar-refractivity contribution is 0.102. The molecule has 1 heterocycles. The lowest BCUT2D eigenvalue weighted by atomic mass is 10.1. The second kappa shape index (κ2) is 8.72. The van der Waals surface area contributed by atoms with Gasteiger partial charge in [-0.2, -0.15) is 0 Å². The molecule has 1 aromatic heterocycles. The Morgan fingerprint density at radius 3 is 2.08 bits per heavy atom. The summed E-state index contributed by atoms with van der Waals surface area (Å²) in [5, 5.41) is 13.8. The number of aromatic nitrogens is 2. The van der Waals surface area contributed by atoms with E-state index in [4.69, 9.17) is 14.2 Å². The monoisotopic (exact) mass is 346 g/mol. The van der Waals surface area contributed by atoms with Gasteiger partial charge in [0.1, 0.15) is 5.82 Å². The number of benzene rings is 1. The van der Waals surface area contributed by atoms with Gasteiger partial charge in [-0.15, -0.1) is 10.2 Å². The minimum atomic E-state index is -0.358. The van der Waals surface area contributed by atoms with E-state index in [9.17, 15) is 4.79 Å². The molecule has 0 saturated carbocycles. The molecule has 0 saturated heterocycles. The van der Waals surface area contributed by atoms with E-state index in [0.717, 1.165) is 13.0 Å². The van der Waals surface area contributed by atoms with E-state index in [2.05, 4.69) is 27.8 Å². The van der Waals surface area contributed by atoms with Gasteiger partial charge in [-0.3, -0.25) is 4.79 Å². The molecule has 2 N–H and O–H groups in total. The molecule has 1 aromatic carbocycles. The number of methoxy groups -OCH3 is 3. The van der Waals surface area contributed by atoms with Crippen molar-refractivity contribution in [3.63, 3.8) is 0 Å². The number of hydrogen-bond acceptors (Lipinski definition) is 7. The molecule has 0 radical (unpaired) electrons. The molecule has 25 heavy (non-hydrogen) atoms. The summed E-state index contributed by atoms with van der Waals surface area (Å²) in [6.45, 7) is 2.87. The number of amides is 1. The zero-order valence-electron chi connectivity index (χ0n) is 14.8. The molecule has 0 unspecified atom stereocenters. The third kappa shape index (κ3) is 4.50. The maximum atomic E-state index is 12.5. The Morgan fingerprint density at radius 2 is 1.60 bits per heavy atom. The SMILES string of the molecule is CCCNc1ccc(NC(=O)c2cc(OC)c(OC)c(OC)c2)nn1. The Bertz CT molecular complexity index is 694. The number of ether oxygens (including phenoxy) is 3. The maximum Gasteiger partial charge on any atom is 0.257 e. The lowest BCUT2D eigenvalue weighted by Gasteiger charge is -2.14. The summed E-state index contributed by atoms with van der Waals surface area (Å²) in [5.41, 5.74) is 0.351. The number of carbonyl (C=O) groups excluding carboxylic acids is 1. The number of nitrogens with zero attached hydrogens (tertiary/aromatic N) is 2. The number of anilines is 2. The third-order valence-corrected chi connectivity index (χ3v) is 3.39. The summed E-state index contributed by atoms with van der Waals surface area (Å²) in [6.07, 6.45) is 0.987. The number of hydrogen-bond donors (Lipinski definition) is 2. The molecule has 8 heteroatoms. The molecule has 0 aliphatic carbocycles. The molecule has 1 amide bonds. The van der Waals surface area contributed by atoms with Crippen LogP contribution in [0.25, 0.3) is 0 Å². The van der Waals surface area contributed by atoms with E-state index in [1.165, 1.54) is 21.3 Å². The van der Waals surface area contributed by atoms with Gasteiger partial charge < -0.3 is 24.8 Å². The molecule has 134 valence electrons. The maximum absolute atomic E-state index is 12.5. The zero-order chi connectivity index (χ0) is 18.2. The molecule has 0 aliphatic heterocycles. The fourth-order valence-electron chi connectivity index (χ4n) is 2.15. The first-order chi connectivity index (χ1) is 12.1. The highest BCUT2D eigenvalue weighted by molar-refractivity contribution is 6.04. The lowest BCUT2D eigenvalue weighted by Crippen LogP contribution is -2.14. The van der Waals surface area contributed by atoms with Crippen molar-refractivity contribution in [3.05, 3.63) is 29.8 Å². The fourth-order valence-corrected chi connectivity index (χ4v) is 2.15. The van der Waals surface area contributed by atoms with Crippen LogP contribution in [-0.2, 0) is 0 Å². The summed E-state index contributed by atoms with van der Waals surface area (Å²) < 4.78 is 15.7. The van der Waals surface area contributed by atoms with Gasteiger partial charge in [-0.05, 0) is 30.7 Å². The summed E-state index contributed by atoms with van der Waals surface area (Å²) >= 11 is 0. The summed E-state index contributed by atoms with van der Waals surface area (Å²) in [7, 11) is 4.49. The molecule has 0 fully saturated rings. The molecule has 0 bridgehead atoms. The standard InChI is InChI=1S/C17H22N4O4/c1-5-8-18-14-6-7-15(21-20-14)19-17(22)11-9-12(23-2)16(25-4)13(10-11)24-3/h6-7,9-10H,5,8H2,1-4H3,(H,18,20)(H,19,21,22). The van der Waals surface area contributed by atoms with E-state index < -0.39 is 0 Å². The number of rotatable bonds is 8. The minimum Gasteiger partial charge on any atom is -0.493 e. The first kappa shape index (κ1) is 18.3. The van der Waals surface area contributed by atoms with Crippen LogP contribution < -0.4 is 24.8 Å². The average Bonchev–Trinajstić information content (AvgIpc) is 2.66. The summed E-state index contributed by atoms with van der Waals surface area (Å²) in [6, 6.07) is 6.58. The van der Waals surface area contributed by atoms with Gasteiger partial charge in [-0.1, -0.05) is 6.92 Å². The third-order valence-electron chi connectivity index (χ3n) is 3.39. The van der Waals surface area contributed by atoms with Crippen molar-refractivity contribution in [2.24, 2.45) is 0 Å². The Hall–Kier alpha value is -3.03. The van der Waals surface area contributed by atoms with Crippen molar-refractivity contribution in [1.29, 1.82) is 0 Å². The number of nitrogens with one attached hydrogen (secondary N) is 2. The van der Waals surface area contributed by atoms with Crippen molar-refractivity contribution in [3.8, 4) is 17.2 Å². The van der Waals surface area contributed by atoms with Crippen molar-refractivity contribution < 1.29 is 19.0 Å². The van der Waals surface area contributed by atoms with Crippen LogP contribution in [0.3, 0.4) is 0 Å². The van der Waals surface area contributed by atoms with E-state index >= 15 is 0 Å². The van der Waals surface area contributed by atoms with E-state index in [1.54, 1.807) is 24.3 Å². The van der Waals surface area contributed by atoms with Crippen LogP contribution in [0.5, 0.6) is 17.2 Å². The van der Waals surface area contributed by atoms with Gasteiger partial charge in [0.2, 0.25) is 5.75 Å². The van der Waals surface area contributed by atoms with Gasteiger partial charge in [0, 0.05) is 12.1 Å². The van der Waals surface area contributed by atoms with Crippen molar-refractivity contribution in [2.45, 2.75) is 13.3 Å². The van der Waals surface area contributed by atoms with E-state index in [0.29, 0.717) is 34.4 Å². The highest BCUT2D eigenvalue weighted by atomic mass is 16.5. The largest absolute Gasteiger partial charge is 0.493 e. The van der Waals surface area contributed by atoms with Gasteiger partial charge in [0.25, 0.3) is 5.91 Å². The van der Waals surface area contributed by atoms with Crippen LogP contribution >= 0.6 is 0 Å². The Kier molecular flexibility index (Phi) is 6.39. The zero-order valence-corrected chi connectivity index (χ0v) is 14.8. The Morgan fingerprint density at radius 1 is 1.00 bits per heavy atom. The summed E-state index contributed by atoms with van der Waals surface area (Å²) in [4.78, 5) is 12.5. The molecule has 0 spiro atoms. The Labute approximate surface area is 146 Å². The molecule has 0 aliphatic rings. The average molecular weight is 346 g/mol. The van der Waals surface area contributed by atoms with Crippen LogP contribution in [0, 0.1) is 0 Å². The van der Waals surface area contributed by atoms with Crippen molar-refractivity contribution >= 4 is 17.5 Å². The van der Waals surface area contributed by atoms with Crippen LogP contribution in [-0.4, -0.2) is 44.0 Å². The molecular formula is C17H22N4O4. The van der Waals surface area contributed by atoms with Crippen LogP contribution in [0.2, 0.25) is 0 Å². The minimum absolute atomic E-state index is 0.348. The van der Waals surface area contributed by atoms with Gasteiger partial charge in [-0.25, -0.2) is 0 Å². The predicted molar refractivity (Wildman–Crippen MR) is 94.9 cm³/mol. The van der Waals surface area contributed by atoms with Gasteiger partial charge in [0.05, 0.1) is 21.3 Å².